The number of hydrogen-bond donors (Lipinski definition) is 1. The van der Waals surface area contributed by atoms with Crippen molar-refractivity contribution in [2.45, 2.75) is 0 Å². The van der Waals surface area contributed by atoms with E-state index in [1.807, 2.05) is 30.3 Å². The van der Waals surface area contributed by atoms with Gasteiger partial charge in [0.25, 0.3) is 0 Å². The van der Waals surface area contributed by atoms with Crippen LogP contribution in [0.3, 0.4) is 0 Å². The van der Waals surface area contributed by atoms with Gasteiger partial charge in [-0.3, -0.25) is 0 Å². The molecule has 1 aromatic heterocycles. The predicted octanol–water partition coefficient (Wildman–Crippen LogP) is 4.16. The van der Waals surface area contributed by atoms with Crippen molar-refractivity contribution in [1.29, 1.82) is 0 Å². The van der Waals surface area contributed by atoms with E-state index in [-0.39, 0.29) is 0 Å². The SMILES string of the molecule is COc1cc(/C=N/n2c(-c3ccccc3)n[nH]c2=S)cc(Cl)c1OC. The highest BCUT2D eigenvalue weighted by Gasteiger charge is 2.11. The maximum absolute atomic E-state index is 6.22. The van der Waals surface area contributed by atoms with Crippen LogP contribution in [0.25, 0.3) is 11.4 Å². The minimum atomic E-state index is 0.390. The molecule has 0 spiro atoms. The summed E-state index contributed by atoms with van der Waals surface area (Å²) < 4.78 is 12.5. The Bertz CT molecular complexity index is 967. The van der Waals surface area contributed by atoms with Gasteiger partial charge < -0.3 is 9.47 Å². The minimum absolute atomic E-state index is 0.390. The molecule has 128 valence electrons. The summed E-state index contributed by atoms with van der Waals surface area (Å²) in [5.41, 5.74) is 1.64. The van der Waals surface area contributed by atoms with Gasteiger partial charge in [-0.25, -0.2) is 5.10 Å². The molecule has 0 unspecified atom stereocenters. The van der Waals surface area contributed by atoms with Crippen molar-refractivity contribution in [3.63, 3.8) is 0 Å². The molecule has 0 aliphatic carbocycles. The Hall–Kier alpha value is -2.64. The molecule has 0 saturated carbocycles. The highest BCUT2D eigenvalue weighted by Crippen LogP contribution is 2.35. The van der Waals surface area contributed by atoms with Crippen LogP contribution >= 0.6 is 23.8 Å². The standard InChI is InChI=1S/C17H15ClN4O2S/c1-23-14-9-11(8-13(18)15(14)24-2)10-19-22-16(20-21-17(22)25)12-6-4-3-5-7-12/h3-10H,1-2H3,(H,21,25)/b19-10+. The van der Waals surface area contributed by atoms with E-state index in [0.717, 1.165) is 11.1 Å². The van der Waals surface area contributed by atoms with Crippen LogP contribution in [-0.2, 0) is 0 Å². The number of halogens is 1. The van der Waals surface area contributed by atoms with E-state index in [1.165, 1.54) is 7.11 Å². The van der Waals surface area contributed by atoms with E-state index >= 15 is 0 Å². The highest BCUT2D eigenvalue weighted by atomic mass is 35.5. The van der Waals surface area contributed by atoms with Gasteiger partial charge >= 0.3 is 0 Å². The smallest absolute Gasteiger partial charge is 0.216 e. The normalized spacial score (nSPS) is 11.0. The Morgan fingerprint density at radius 3 is 2.64 bits per heavy atom. The van der Waals surface area contributed by atoms with Crippen molar-refractivity contribution < 1.29 is 9.47 Å². The number of rotatable bonds is 5. The maximum Gasteiger partial charge on any atom is 0.216 e. The van der Waals surface area contributed by atoms with Gasteiger partial charge in [0, 0.05) is 5.56 Å². The number of aromatic nitrogens is 3. The van der Waals surface area contributed by atoms with E-state index in [4.69, 9.17) is 33.3 Å². The summed E-state index contributed by atoms with van der Waals surface area (Å²) in [5.74, 6) is 1.62. The molecule has 0 atom stereocenters. The van der Waals surface area contributed by atoms with Crippen LogP contribution in [-0.4, -0.2) is 35.3 Å². The molecule has 0 fully saturated rings. The molecule has 25 heavy (non-hydrogen) atoms. The van der Waals surface area contributed by atoms with Crippen molar-refractivity contribution in [3.8, 4) is 22.9 Å². The largest absolute Gasteiger partial charge is 0.493 e. The van der Waals surface area contributed by atoms with Gasteiger partial charge in [0.2, 0.25) is 4.77 Å². The highest BCUT2D eigenvalue weighted by molar-refractivity contribution is 7.71. The van der Waals surface area contributed by atoms with Crippen molar-refractivity contribution in [1.82, 2.24) is 14.9 Å². The molecule has 3 rings (SSSR count). The second kappa shape index (κ2) is 7.50. The van der Waals surface area contributed by atoms with Crippen molar-refractivity contribution in [2.24, 2.45) is 5.10 Å². The monoisotopic (exact) mass is 374 g/mol. The zero-order valence-corrected chi connectivity index (χ0v) is 15.1. The van der Waals surface area contributed by atoms with Crippen LogP contribution in [0.2, 0.25) is 5.02 Å². The van der Waals surface area contributed by atoms with Gasteiger partial charge in [-0.05, 0) is 29.9 Å². The third-order valence-electron chi connectivity index (χ3n) is 3.46. The van der Waals surface area contributed by atoms with Crippen molar-refractivity contribution >= 4 is 30.0 Å². The Balaban J connectivity index is 2.00. The lowest BCUT2D eigenvalue weighted by Gasteiger charge is -2.10. The molecule has 1 N–H and O–H groups in total. The van der Waals surface area contributed by atoms with Crippen LogP contribution < -0.4 is 9.47 Å². The van der Waals surface area contributed by atoms with Crippen LogP contribution in [0.5, 0.6) is 11.5 Å². The molecule has 2 aromatic carbocycles. The third kappa shape index (κ3) is 3.57. The Morgan fingerprint density at radius 1 is 1.20 bits per heavy atom. The van der Waals surface area contributed by atoms with Gasteiger partial charge in [0.1, 0.15) is 0 Å². The summed E-state index contributed by atoms with van der Waals surface area (Å²) in [6.45, 7) is 0. The fourth-order valence-electron chi connectivity index (χ4n) is 2.31. The van der Waals surface area contributed by atoms with Gasteiger partial charge in [0.15, 0.2) is 17.3 Å². The van der Waals surface area contributed by atoms with Crippen LogP contribution in [0, 0.1) is 4.77 Å². The van der Waals surface area contributed by atoms with Crippen LogP contribution in [0.15, 0.2) is 47.6 Å². The Morgan fingerprint density at radius 2 is 1.96 bits per heavy atom. The molecule has 0 radical (unpaired) electrons. The lowest BCUT2D eigenvalue weighted by molar-refractivity contribution is 0.355. The first-order valence-corrected chi connectivity index (χ1v) is 8.11. The molecule has 0 amide bonds. The zero-order valence-electron chi connectivity index (χ0n) is 13.6. The van der Waals surface area contributed by atoms with E-state index in [0.29, 0.717) is 27.1 Å². The van der Waals surface area contributed by atoms with Crippen molar-refractivity contribution in [2.75, 3.05) is 14.2 Å². The van der Waals surface area contributed by atoms with Crippen molar-refractivity contribution in [3.05, 3.63) is 57.8 Å². The van der Waals surface area contributed by atoms with Crippen LogP contribution in [0.4, 0.5) is 0 Å². The number of H-pyrrole nitrogens is 1. The molecule has 0 saturated heterocycles. The molecule has 1 heterocycles. The summed E-state index contributed by atoms with van der Waals surface area (Å²) in [5, 5.41) is 11.8. The average molecular weight is 375 g/mol. The molecule has 6 nitrogen and oxygen atoms in total. The van der Waals surface area contributed by atoms with E-state index in [9.17, 15) is 0 Å². The minimum Gasteiger partial charge on any atom is -0.493 e. The first-order chi connectivity index (χ1) is 12.1. The first-order valence-electron chi connectivity index (χ1n) is 7.32. The quantitative estimate of drug-likeness (QED) is 0.538. The lowest BCUT2D eigenvalue weighted by Crippen LogP contribution is -1.97. The number of aromatic amines is 1. The number of ether oxygens (including phenoxy) is 2. The summed E-state index contributed by atoms with van der Waals surface area (Å²) >= 11 is 11.5. The molecule has 0 bridgehead atoms. The van der Waals surface area contributed by atoms with Crippen LogP contribution in [0.1, 0.15) is 5.56 Å². The molecule has 0 aliphatic heterocycles. The number of hydrogen-bond acceptors (Lipinski definition) is 5. The molecule has 3 aromatic rings. The van der Waals surface area contributed by atoms with E-state index < -0.39 is 0 Å². The number of nitrogens with zero attached hydrogens (tertiary/aromatic N) is 3. The lowest BCUT2D eigenvalue weighted by atomic mass is 10.2. The average Bonchev–Trinajstić information content (AvgIpc) is 3.00. The fraction of sp³-hybridized carbons (Fsp3) is 0.118. The third-order valence-corrected chi connectivity index (χ3v) is 4.01. The Kier molecular flexibility index (Phi) is 5.16. The fourth-order valence-corrected chi connectivity index (χ4v) is 2.79. The first kappa shape index (κ1) is 17.2. The molecule has 8 heteroatoms. The summed E-state index contributed by atoms with van der Waals surface area (Å²) in [7, 11) is 3.09. The summed E-state index contributed by atoms with van der Waals surface area (Å²) in [6.07, 6.45) is 1.63. The number of benzene rings is 2. The van der Waals surface area contributed by atoms with E-state index in [1.54, 1.807) is 30.1 Å². The summed E-state index contributed by atoms with van der Waals surface area (Å²) in [4.78, 5) is 0. The molecule has 0 aliphatic rings. The predicted molar refractivity (Wildman–Crippen MR) is 100 cm³/mol. The topological polar surface area (TPSA) is 64.4 Å². The second-order valence-electron chi connectivity index (χ2n) is 5.01. The molecular weight excluding hydrogens is 360 g/mol. The van der Waals surface area contributed by atoms with Gasteiger partial charge in [-0.15, -0.1) is 0 Å². The number of nitrogens with one attached hydrogen (secondary N) is 1. The second-order valence-corrected chi connectivity index (χ2v) is 5.81. The zero-order chi connectivity index (χ0) is 17.8. The Labute approximate surface area is 154 Å². The summed E-state index contributed by atoms with van der Waals surface area (Å²) in [6, 6.07) is 13.2. The van der Waals surface area contributed by atoms with Gasteiger partial charge in [-0.1, -0.05) is 41.9 Å². The van der Waals surface area contributed by atoms with Gasteiger partial charge in [0.05, 0.1) is 25.5 Å². The number of methoxy groups -OCH3 is 2. The van der Waals surface area contributed by atoms with E-state index in [2.05, 4.69) is 15.3 Å². The maximum atomic E-state index is 6.22. The molecular formula is C17H15ClN4O2S. The van der Waals surface area contributed by atoms with Gasteiger partial charge in [-0.2, -0.15) is 14.9 Å².